The van der Waals surface area contributed by atoms with Gasteiger partial charge >= 0.3 is 0 Å². The molecule has 2 rings (SSSR count). The highest BCUT2D eigenvalue weighted by atomic mass is 79.9. The first-order valence-corrected chi connectivity index (χ1v) is 7.50. The maximum atomic E-state index is 12.0. The topological polar surface area (TPSA) is 60.2 Å². The van der Waals surface area contributed by atoms with Crippen molar-refractivity contribution in [3.05, 3.63) is 68.7 Å². The number of hydrogen-bond donors (Lipinski definition) is 0. The molecule has 2 aromatic carbocycles. The molecule has 0 N–H and O–H groups in total. The zero-order valence-corrected chi connectivity index (χ0v) is 12.7. The van der Waals surface area contributed by atoms with Gasteiger partial charge in [-0.1, -0.05) is 28.1 Å². The first-order valence-electron chi connectivity index (χ1n) is 5.72. The summed E-state index contributed by atoms with van der Waals surface area (Å²) in [6, 6.07) is 13.4. The molecule has 0 aromatic heterocycles. The summed E-state index contributed by atoms with van der Waals surface area (Å²) in [6.07, 6.45) is 0. The van der Waals surface area contributed by atoms with Gasteiger partial charge in [-0.2, -0.15) is 0 Å². The van der Waals surface area contributed by atoms with Gasteiger partial charge in [-0.3, -0.25) is 14.9 Å². The number of rotatable bonds is 5. The molecule has 6 heteroatoms. The minimum Gasteiger partial charge on any atom is -0.293 e. The van der Waals surface area contributed by atoms with E-state index >= 15 is 0 Å². The summed E-state index contributed by atoms with van der Waals surface area (Å²) < 4.78 is 0.928. The molecule has 0 aliphatic heterocycles. The lowest BCUT2D eigenvalue weighted by molar-refractivity contribution is -0.384. The number of hydrogen-bond acceptors (Lipinski definition) is 4. The highest BCUT2D eigenvalue weighted by Gasteiger charge is 2.08. The third-order valence-electron chi connectivity index (χ3n) is 2.58. The van der Waals surface area contributed by atoms with Crippen LogP contribution in [0.5, 0.6) is 0 Å². The van der Waals surface area contributed by atoms with E-state index < -0.39 is 4.92 Å². The van der Waals surface area contributed by atoms with Gasteiger partial charge in [-0.15, -0.1) is 11.8 Å². The van der Waals surface area contributed by atoms with E-state index in [2.05, 4.69) is 15.9 Å². The number of ketones is 1. The summed E-state index contributed by atoms with van der Waals surface area (Å²) in [7, 11) is 0. The monoisotopic (exact) mass is 351 g/mol. The number of non-ortho nitro benzene ring substituents is 1. The Bertz CT molecular complexity index is 626. The third kappa shape index (κ3) is 3.91. The Balaban J connectivity index is 1.96. The van der Waals surface area contributed by atoms with E-state index in [1.807, 2.05) is 12.1 Å². The third-order valence-corrected chi connectivity index (χ3v) is 4.12. The number of benzene rings is 2. The molecule has 102 valence electrons. The zero-order valence-electron chi connectivity index (χ0n) is 10.3. The Labute approximate surface area is 128 Å². The van der Waals surface area contributed by atoms with E-state index in [0.717, 1.165) is 9.37 Å². The van der Waals surface area contributed by atoms with Crippen LogP contribution in [-0.4, -0.2) is 16.5 Å². The summed E-state index contributed by atoms with van der Waals surface area (Å²) >= 11 is 4.68. The van der Waals surface area contributed by atoms with Crippen LogP contribution in [0, 0.1) is 10.1 Å². The van der Waals surface area contributed by atoms with E-state index in [4.69, 9.17) is 0 Å². The minimum absolute atomic E-state index is 0.0286. The molecule has 0 saturated carbocycles. The fraction of sp³-hybridized carbons (Fsp3) is 0.0714. The standard InChI is InChI=1S/C14H10BrNO3S/c15-11-3-1-10(2-4-11)14(17)9-20-13-7-5-12(6-8-13)16(18)19/h1-8H,9H2. The van der Waals surface area contributed by atoms with Gasteiger partial charge in [0.05, 0.1) is 10.7 Å². The smallest absolute Gasteiger partial charge is 0.269 e. The van der Waals surface area contributed by atoms with Crippen LogP contribution in [0.15, 0.2) is 57.9 Å². The van der Waals surface area contributed by atoms with Crippen LogP contribution < -0.4 is 0 Å². The minimum atomic E-state index is -0.443. The zero-order chi connectivity index (χ0) is 14.5. The fourth-order valence-corrected chi connectivity index (χ4v) is 2.59. The number of nitrogens with zero attached hydrogens (tertiary/aromatic N) is 1. The molecule has 0 aliphatic carbocycles. The van der Waals surface area contributed by atoms with E-state index in [9.17, 15) is 14.9 Å². The van der Waals surface area contributed by atoms with Crippen molar-refractivity contribution in [3.8, 4) is 0 Å². The molecule has 0 fully saturated rings. The average Bonchev–Trinajstić information content (AvgIpc) is 2.46. The Kier molecular flexibility index (Phi) is 4.92. The maximum absolute atomic E-state index is 12.0. The average molecular weight is 352 g/mol. The molecule has 0 radical (unpaired) electrons. The maximum Gasteiger partial charge on any atom is 0.269 e. The largest absolute Gasteiger partial charge is 0.293 e. The molecular weight excluding hydrogens is 342 g/mol. The molecule has 0 saturated heterocycles. The molecule has 0 heterocycles. The molecular formula is C14H10BrNO3S. The van der Waals surface area contributed by atoms with Crippen LogP contribution in [0.2, 0.25) is 0 Å². The van der Waals surface area contributed by atoms with Gasteiger partial charge < -0.3 is 0 Å². The van der Waals surface area contributed by atoms with Crippen LogP contribution in [0.1, 0.15) is 10.4 Å². The van der Waals surface area contributed by atoms with Gasteiger partial charge in [-0.25, -0.2) is 0 Å². The number of Topliss-reactive ketones (excluding diaryl/α,β-unsaturated/α-hetero) is 1. The van der Waals surface area contributed by atoms with Crippen LogP contribution in [0.3, 0.4) is 0 Å². The molecule has 0 amide bonds. The lowest BCUT2D eigenvalue weighted by Crippen LogP contribution is -2.01. The lowest BCUT2D eigenvalue weighted by atomic mass is 10.2. The quantitative estimate of drug-likeness (QED) is 0.348. The molecule has 0 unspecified atom stereocenters. The lowest BCUT2D eigenvalue weighted by Gasteiger charge is -2.02. The van der Waals surface area contributed by atoms with Crippen molar-refractivity contribution in [1.82, 2.24) is 0 Å². The number of nitro benzene ring substituents is 1. The summed E-state index contributed by atoms with van der Waals surface area (Å²) in [4.78, 5) is 22.9. The second-order valence-corrected chi connectivity index (χ2v) is 5.93. The number of carbonyl (C=O) groups is 1. The van der Waals surface area contributed by atoms with Crippen molar-refractivity contribution in [2.24, 2.45) is 0 Å². The molecule has 4 nitrogen and oxygen atoms in total. The van der Waals surface area contributed by atoms with Gasteiger partial charge in [0.1, 0.15) is 0 Å². The molecule has 20 heavy (non-hydrogen) atoms. The van der Waals surface area contributed by atoms with Gasteiger partial charge in [0.2, 0.25) is 0 Å². The van der Waals surface area contributed by atoms with E-state index in [1.165, 1.54) is 23.9 Å². The fourth-order valence-electron chi connectivity index (χ4n) is 1.53. The molecule has 0 aliphatic rings. The first kappa shape index (κ1) is 14.7. The number of thioether (sulfide) groups is 1. The first-order chi connectivity index (χ1) is 9.56. The van der Waals surface area contributed by atoms with Crippen molar-refractivity contribution >= 4 is 39.2 Å². The number of carbonyl (C=O) groups excluding carboxylic acids is 1. The van der Waals surface area contributed by atoms with Crippen LogP contribution in [0.4, 0.5) is 5.69 Å². The Morgan fingerprint density at radius 3 is 2.25 bits per heavy atom. The number of halogens is 1. The normalized spacial score (nSPS) is 10.2. The molecule has 0 spiro atoms. The summed E-state index contributed by atoms with van der Waals surface area (Å²) in [5.41, 5.74) is 0.705. The van der Waals surface area contributed by atoms with Crippen molar-refractivity contribution in [2.45, 2.75) is 4.90 Å². The van der Waals surface area contributed by atoms with E-state index in [0.29, 0.717) is 11.3 Å². The SMILES string of the molecule is O=C(CSc1ccc([N+](=O)[O-])cc1)c1ccc(Br)cc1. The van der Waals surface area contributed by atoms with Crippen LogP contribution in [0.25, 0.3) is 0 Å². The van der Waals surface area contributed by atoms with Crippen LogP contribution in [-0.2, 0) is 0 Å². The summed E-state index contributed by atoms with van der Waals surface area (Å²) in [6.45, 7) is 0. The predicted octanol–water partition coefficient (Wildman–Crippen LogP) is 4.33. The Morgan fingerprint density at radius 2 is 1.70 bits per heavy atom. The molecule has 2 aromatic rings. The second-order valence-electron chi connectivity index (χ2n) is 3.97. The summed E-state index contributed by atoms with van der Waals surface area (Å²) in [5.74, 6) is 0.334. The van der Waals surface area contributed by atoms with Gasteiger partial charge in [0.15, 0.2) is 5.78 Å². The van der Waals surface area contributed by atoms with Gasteiger partial charge in [-0.05, 0) is 24.3 Å². The molecule has 0 bridgehead atoms. The van der Waals surface area contributed by atoms with Crippen molar-refractivity contribution in [3.63, 3.8) is 0 Å². The highest BCUT2D eigenvalue weighted by Crippen LogP contribution is 2.22. The van der Waals surface area contributed by atoms with E-state index in [-0.39, 0.29) is 11.5 Å². The van der Waals surface area contributed by atoms with E-state index in [1.54, 1.807) is 24.3 Å². The molecule has 0 atom stereocenters. The highest BCUT2D eigenvalue weighted by molar-refractivity contribution is 9.10. The van der Waals surface area contributed by atoms with Crippen molar-refractivity contribution in [2.75, 3.05) is 5.75 Å². The van der Waals surface area contributed by atoms with Crippen molar-refractivity contribution in [1.29, 1.82) is 0 Å². The Morgan fingerprint density at radius 1 is 1.10 bits per heavy atom. The van der Waals surface area contributed by atoms with Crippen LogP contribution >= 0.6 is 27.7 Å². The second kappa shape index (κ2) is 6.67. The Hall–Kier alpha value is -1.66. The van der Waals surface area contributed by atoms with Gasteiger partial charge in [0.25, 0.3) is 5.69 Å². The number of nitro groups is 1. The van der Waals surface area contributed by atoms with Gasteiger partial charge in [0, 0.05) is 27.1 Å². The predicted molar refractivity (Wildman–Crippen MR) is 82.3 cm³/mol. The van der Waals surface area contributed by atoms with Crippen molar-refractivity contribution < 1.29 is 9.72 Å². The summed E-state index contributed by atoms with van der Waals surface area (Å²) in [5, 5.41) is 10.5.